The van der Waals surface area contributed by atoms with Crippen LogP contribution in [0.4, 0.5) is 11.4 Å². The number of rotatable bonds is 3. The first-order valence-corrected chi connectivity index (χ1v) is 6.63. The predicted octanol–water partition coefficient (Wildman–Crippen LogP) is 2.21. The molecule has 1 N–H and O–H groups in total. The number of para-hydroxylation sites is 2. The SMILES string of the molecule is O=C1CC(N(O)c2ccccc2)C(=O)N1c1ccccc1. The molecule has 1 fully saturated rings. The summed E-state index contributed by atoms with van der Waals surface area (Å²) >= 11 is 0. The van der Waals surface area contributed by atoms with Gasteiger partial charge in [0.25, 0.3) is 5.91 Å². The summed E-state index contributed by atoms with van der Waals surface area (Å²) in [6.45, 7) is 0. The molecule has 0 radical (unpaired) electrons. The minimum absolute atomic E-state index is 0.0425. The molecule has 1 aliphatic rings. The Kier molecular flexibility index (Phi) is 3.41. The number of benzene rings is 2. The van der Waals surface area contributed by atoms with Crippen molar-refractivity contribution in [3.63, 3.8) is 0 Å². The molecule has 0 aliphatic carbocycles. The standard InChI is InChI=1S/C16H14N2O3/c19-15-11-14(18(21)13-9-5-2-6-10-13)16(20)17(15)12-7-3-1-4-8-12/h1-10,14,21H,11H2. The van der Waals surface area contributed by atoms with Crippen LogP contribution in [0.15, 0.2) is 60.7 Å². The Bertz CT molecular complexity index is 658. The van der Waals surface area contributed by atoms with E-state index >= 15 is 0 Å². The highest BCUT2D eigenvalue weighted by atomic mass is 16.5. The second kappa shape index (κ2) is 5.38. The lowest BCUT2D eigenvalue weighted by molar-refractivity contribution is -0.121. The van der Waals surface area contributed by atoms with E-state index < -0.39 is 11.9 Å². The summed E-state index contributed by atoms with van der Waals surface area (Å²) in [7, 11) is 0. The Balaban J connectivity index is 1.87. The van der Waals surface area contributed by atoms with Crippen LogP contribution in [0.1, 0.15) is 6.42 Å². The molecule has 1 saturated heterocycles. The number of hydrogen-bond donors (Lipinski definition) is 1. The van der Waals surface area contributed by atoms with Gasteiger partial charge in [0.05, 0.1) is 17.8 Å². The fourth-order valence-electron chi connectivity index (χ4n) is 2.42. The number of carbonyl (C=O) groups is 2. The minimum atomic E-state index is -0.889. The number of carbonyl (C=O) groups excluding carboxylic acids is 2. The zero-order valence-corrected chi connectivity index (χ0v) is 11.2. The van der Waals surface area contributed by atoms with Crippen molar-refractivity contribution in [2.45, 2.75) is 12.5 Å². The van der Waals surface area contributed by atoms with E-state index in [-0.39, 0.29) is 12.3 Å². The third kappa shape index (κ3) is 2.39. The second-order valence-electron chi connectivity index (χ2n) is 4.80. The molecule has 106 valence electrons. The monoisotopic (exact) mass is 282 g/mol. The molecule has 1 aliphatic heterocycles. The van der Waals surface area contributed by atoms with E-state index in [9.17, 15) is 14.8 Å². The fraction of sp³-hybridized carbons (Fsp3) is 0.125. The van der Waals surface area contributed by atoms with Crippen LogP contribution in [0.2, 0.25) is 0 Å². The second-order valence-corrected chi connectivity index (χ2v) is 4.80. The fourth-order valence-corrected chi connectivity index (χ4v) is 2.42. The van der Waals surface area contributed by atoms with Gasteiger partial charge in [0.1, 0.15) is 6.04 Å². The summed E-state index contributed by atoms with van der Waals surface area (Å²) in [5, 5.41) is 11.1. The van der Waals surface area contributed by atoms with Crippen LogP contribution >= 0.6 is 0 Å². The maximum absolute atomic E-state index is 12.4. The van der Waals surface area contributed by atoms with Gasteiger partial charge in [-0.3, -0.25) is 14.8 Å². The normalized spacial score (nSPS) is 18.1. The highest BCUT2D eigenvalue weighted by Crippen LogP contribution is 2.27. The van der Waals surface area contributed by atoms with Gasteiger partial charge in [0.15, 0.2) is 0 Å². The van der Waals surface area contributed by atoms with Crippen molar-refractivity contribution in [2.75, 3.05) is 9.96 Å². The number of imide groups is 1. The van der Waals surface area contributed by atoms with Crippen molar-refractivity contribution in [3.05, 3.63) is 60.7 Å². The van der Waals surface area contributed by atoms with E-state index in [1.54, 1.807) is 48.5 Å². The third-order valence-electron chi connectivity index (χ3n) is 3.45. The summed E-state index contributed by atoms with van der Waals surface area (Å²) in [6, 6.07) is 16.5. The number of nitrogens with zero attached hydrogens (tertiary/aromatic N) is 2. The Morgan fingerprint density at radius 3 is 2.14 bits per heavy atom. The van der Waals surface area contributed by atoms with Crippen molar-refractivity contribution in [1.29, 1.82) is 0 Å². The Labute approximate surface area is 122 Å². The molecular weight excluding hydrogens is 268 g/mol. The molecule has 0 saturated carbocycles. The van der Waals surface area contributed by atoms with Gasteiger partial charge in [-0.05, 0) is 24.3 Å². The van der Waals surface area contributed by atoms with Crippen LogP contribution in [-0.4, -0.2) is 23.1 Å². The topological polar surface area (TPSA) is 60.9 Å². The molecule has 0 bridgehead atoms. The number of amides is 2. The van der Waals surface area contributed by atoms with Crippen molar-refractivity contribution in [3.8, 4) is 0 Å². The molecule has 1 unspecified atom stereocenters. The van der Waals surface area contributed by atoms with Crippen LogP contribution < -0.4 is 9.96 Å². The molecule has 5 nitrogen and oxygen atoms in total. The van der Waals surface area contributed by atoms with Crippen LogP contribution in [-0.2, 0) is 9.59 Å². The first-order valence-electron chi connectivity index (χ1n) is 6.63. The van der Waals surface area contributed by atoms with Gasteiger partial charge in [-0.15, -0.1) is 0 Å². The summed E-state index contributed by atoms with van der Waals surface area (Å²) in [5.41, 5.74) is 1.01. The Morgan fingerprint density at radius 2 is 1.52 bits per heavy atom. The van der Waals surface area contributed by atoms with Gasteiger partial charge >= 0.3 is 0 Å². The van der Waals surface area contributed by atoms with E-state index in [1.807, 2.05) is 12.1 Å². The highest BCUT2D eigenvalue weighted by molar-refractivity contribution is 6.23. The molecule has 2 aromatic rings. The number of hydrogen-bond acceptors (Lipinski definition) is 4. The van der Waals surface area contributed by atoms with Crippen molar-refractivity contribution >= 4 is 23.2 Å². The van der Waals surface area contributed by atoms with Crippen LogP contribution in [0.25, 0.3) is 0 Å². The van der Waals surface area contributed by atoms with E-state index in [0.29, 0.717) is 11.4 Å². The number of anilines is 2. The molecule has 0 aromatic heterocycles. The molecule has 0 spiro atoms. The molecule has 5 heteroatoms. The van der Waals surface area contributed by atoms with Gasteiger partial charge in [0.2, 0.25) is 5.91 Å². The lowest BCUT2D eigenvalue weighted by atomic mass is 10.2. The quantitative estimate of drug-likeness (QED) is 0.692. The van der Waals surface area contributed by atoms with Crippen molar-refractivity contribution < 1.29 is 14.8 Å². The summed E-state index contributed by atoms with van der Waals surface area (Å²) in [5.74, 6) is -0.733. The smallest absolute Gasteiger partial charge is 0.259 e. The lowest BCUT2D eigenvalue weighted by Crippen LogP contribution is -2.40. The van der Waals surface area contributed by atoms with Gasteiger partial charge in [-0.2, -0.15) is 0 Å². The maximum atomic E-state index is 12.4. The number of hydroxylamine groups is 1. The largest absolute Gasteiger partial charge is 0.288 e. The van der Waals surface area contributed by atoms with E-state index in [2.05, 4.69) is 0 Å². The molecule has 2 amide bonds. The van der Waals surface area contributed by atoms with Crippen LogP contribution in [0, 0.1) is 0 Å². The molecule has 21 heavy (non-hydrogen) atoms. The van der Waals surface area contributed by atoms with E-state index in [0.717, 1.165) is 9.96 Å². The minimum Gasteiger partial charge on any atom is -0.288 e. The highest BCUT2D eigenvalue weighted by Gasteiger charge is 2.42. The lowest BCUT2D eigenvalue weighted by Gasteiger charge is -2.22. The first-order chi connectivity index (χ1) is 10.2. The van der Waals surface area contributed by atoms with Gasteiger partial charge in [-0.1, -0.05) is 36.4 Å². The van der Waals surface area contributed by atoms with Crippen LogP contribution in [0.5, 0.6) is 0 Å². The summed E-state index contributed by atoms with van der Waals surface area (Å²) in [4.78, 5) is 25.7. The Hall–Kier alpha value is -2.66. The molecule has 1 atom stereocenters. The van der Waals surface area contributed by atoms with Gasteiger partial charge in [0, 0.05) is 0 Å². The molecule has 1 heterocycles. The first kappa shape index (κ1) is 13.3. The average Bonchev–Trinajstić information content (AvgIpc) is 2.83. The summed E-state index contributed by atoms with van der Waals surface area (Å²) < 4.78 is 0. The molecular formula is C16H14N2O3. The van der Waals surface area contributed by atoms with E-state index in [1.165, 1.54) is 0 Å². The Morgan fingerprint density at radius 1 is 0.952 bits per heavy atom. The zero-order valence-electron chi connectivity index (χ0n) is 11.2. The van der Waals surface area contributed by atoms with Crippen LogP contribution in [0.3, 0.4) is 0 Å². The van der Waals surface area contributed by atoms with E-state index in [4.69, 9.17) is 0 Å². The van der Waals surface area contributed by atoms with Crippen molar-refractivity contribution in [1.82, 2.24) is 0 Å². The third-order valence-corrected chi connectivity index (χ3v) is 3.45. The molecule has 2 aromatic carbocycles. The summed E-state index contributed by atoms with van der Waals surface area (Å²) in [6.07, 6.45) is -0.0425. The van der Waals surface area contributed by atoms with Gasteiger partial charge < -0.3 is 0 Å². The zero-order chi connectivity index (χ0) is 14.8. The maximum Gasteiger partial charge on any atom is 0.259 e. The molecule has 3 rings (SSSR count). The van der Waals surface area contributed by atoms with Crippen molar-refractivity contribution in [2.24, 2.45) is 0 Å². The average molecular weight is 282 g/mol. The van der Waals surface area contributed by atoms with Gasteiger partial charge in [-0.25, -0.2) is 9.96 Å². The predicted molar refractivity (Wildman–Crippen MR) is 78.0 cm³/mol.